The number of aryl methyl sites for hydroxylation is 1. The number of fused-ring (bicyclic) bond motifs is 1. The third kappa shape index (κ3) is 3.52. The Hall–Kier alpha value is -3.74. The highest BCUT2D eigenvalue weighted by atomic mass is 16.5. The second-order valence-electron chi connectivity index (χ2n) is 8.03. The molecule has 1 fully saturated rings. The van der Waals surface area contributed by atoms with Crippen molar-refractivity contribution in [3.05, 3.63) is 55.0 Å². The zero-order valence-corrected chi connectivity index (χ0v) is 17.7. The molecular weight excluding hydrogens is 390 g/mol. The summed E-state index contributed by atoms with van der Waals surface area (Å²) >= 11 is 0. The largest absolute Gasteiger partial charge is 0.494 e. The number of amides is 1. The quantitative estimate of drug-likeness (QED) is 0.527. The van der Waals surface area contributed by atoms with Crippen molar-refractivity contribution in [2.45, 2.75) is 13.3 Å². The molecule has 0 radical (unpaired) electrons. The van der Waals surface area contributed by atoms with Crippen LogP contribution in [0.1, 0.15) is 13.3 Å². The fourth-order valence-electron chi connectivity index (χ4n) is 3.95. The van der Waals surface area contributed by atoms with Crippen molar-refractivity contribution < 1.29 is 9.53 Å². The maximum absolute atomic E-state index is 12.6. The van der Waals surface area contributed by atoms with Crippen LogP contribution < -0.4 is 10.1 Å². The van der Waals surface area contributed by atoms with Gasteiger partial charge in [0.1, 0.15) is 17.8 Å². The van der Waals surface area contributed by atoms with E-state index in [4.69, 9.17) is 4.74 Å². The molecule has 1 aliphatic carbocycles. The number of nitrogens with zero attached hydrogens (tertiary/aromatic N) is 4. The Morgan fingerprint density at radius 1 is 1.16 bits per heavy atom. The number of benzene rings is 2. The molecule has 1 saturated carbocycles. The molecule has 1 aliphatic rings. The monoisotopic (exact) mass is 413 g/mol. The van der Waals surface area contributed by atoms with Crippen LogP contribution in [0, 0.1) is 11.8 Å². The van der Waals surface area contributed by atoms with E-state index in [1.54, 1.807) is 18.1 Å². The molecule has 2 heterocycles. The van der Waals surface area contributed by atoms with Crippen molar-refractivity contribution in [2.75, 3.05) is 12.4 Å². The Labute approximate surface area is 180 Å². The highest BCUT2D eigenvalue weighted by molar-refractivity contribution is 6.02. The summed E-state index contributed by atoms with van der Waals surface area (Å²) in [5.74, 6) is 1.09. The normalized spacial score (nSPS) is 17.5. The number of rotatable bonds is 5. The van der Waals surface area contributed by atoms with Gasteiger partial charge in [-0.3, -0.25) is 9.48 Å². The maximum atomic E-state index is 12.6. The van der Waals surface area contributed by atoms with Gasteiger partial charge in [0.25, 0.3) is 0 Å². The van der Waals surface area contributed by atoms with Gasteiger partial charge in [-0.1, -0.05) is 37.3 Å². The van der Waals surface area contributed by atoms with E-state index >= 15 is 0 Å². The zero-order chi connectivity index (χ0) is 21.5. The number of aromatic nitrogens is 4. The van der Waals surface area contributed by atoms with Crippen molar-refractivity contribution >= 4 is 22.5 Å². The molecule has 5 rings (SSSR count). The van der Waals surface area contributed by atoms with Gasteiger partial charge in [0.2, 0.25) is 5.91 Å². The fourth-order valence-corrected chi connectivity index (χ4v) is 3.95. The molecular formula is C24H23N5O2. The second-order valence-corrected chi connectivity index (χ2v) is 8.03. The van der Waals surface area contributed by atoms with E-state index in [9.17, 15) is 4.79 Å². The first-order valence-corrected chi connectivity index (χ1v) is 10.3. The first kappa shape index (κ1) is 19.2. The van der Waals surface area contributed by atoms with E-state index in [2.05, 4.69) is 27.3 Å². The van der Waals surface area contributed by atoms with Crippen LogP contribution in [0.2, 0.25) is 0 Å². The third-order valence-corrected chi connectivity index (χ3v) is 5.79. The van der Waals surface area contributed by atoms with Crippen LogP contribution in [0.15, 0.2) is 55.0 Å². The Bertz CT molecular complexity index is 1280. The molecule has 0 saturated heterocycles. The summed E-state index contributed by atoms with van der Waals surface area (Å²) in [6.07, 6.45) is 4.42. The molecule has 2 aromatic heterocycles. The van der Waals surface area contributed by atoms with Gasteiger partial charge in [-0.05, 0) is 18.4 Å². The number of anilines is 1. The van der Waals surface area contributed by atoms with E-state index in [0.29, 0.717) is 17.4 Å². The molecule has 0 aliphatic heterocycles. The van der Waals surface area contributed by atoms with Crippen molar-refractivity contribution in [2.24, 2.45) is 18.9 Å². The number of carbonyl (C=O) groups excluding carboxylic acids is 1. The Kier molecular flexibility index (Phi) is 4.66. The highest BCUT2D eigenvalue weighted by Gasteiger charge is 2.39. The highest BCUT2D eigenvalue weighted by Crippen LogP contribution is 2.41. The maximum Gasteiger partial charge on any atom is 0.227 e. The lowest BCUT2D eigenvalue weighted by Gasteiger charge is -2.13. The van der Waals surface area contributed by atoms with Crippen molar-refractivity contribution in [3.63, 3.8) is 0 Å². The Balaban J connectivity index is 1.65. The number of hydrogen-bond donors (Lipinski definition) is 1. The van der Waals surface area contributed by atoms with Gasteiger partial charge in [0.05, 0.1) is 24.0 Å². The standard InChI is InChI=1S/C24H23N5O2/c1-14-9-16(14)24(30)27-20-10-17-19(11-21(20)31-3)25-13-26-23(17)18-12-29(2)28-22(18)15-7-5-4-6-8-15/h4-8,10-14,16H,9H2,1-3H3,(H,27,30). The van der Waals surface area contributed by atoms with Crippen LogP contribution in [-0.4, -0.2) is 32.8 Å². The van der Waals surface area contributed by atoms with Crippen molar-refractivity contribution in [1.82, 2.24) is 19.7 Å². The van der Waals surface area contributed by atoms with Gasteiger partial charge in [-0.15, -0.1) is 0 Å². The molecule has 0 bridgehead atoms. The van der Waals surface area contributed by atoms with Gasteiger partial charge in [0, 0.05) is 41.7 Å². The van der Waals surface area contributed by atoms with E-state index in [0.717, 1.165) is 39.8 Å². The smallest absolute Gasteiger partial charge is 0.227 e. The lowest BCUT2D eigenvalue weighted by molar-refractivity contribution is -0.117. The molecule has 156 valence electrons. The molecule has 0 spiro atoms. The number of hydrogen-bond acceptors (Lipinski definition) is 5. The summed E-state index contributed by atoms with van der Waals surface area (Å²) in [4.78, 5) is 21.6. The van der Waals surface area contributed by atoms with E-state index < -0.39 is 0 Å². The summed E-state index contributed by atoms with van der Waals surface area (Å²) in [5, 5.41) is 8.53. The van der Waals surface area contributed by atoms with Crippen LogP contribution in [0.3, 0.4) is 0 Å². The minimum atomic E-state index is 0.0231. The number of carbonyl (C=O) groups is 1. The second kappa shape index (κ2) is 7.50. The van der Waals surface area contributed by atoms with Gasteiger partial charge in [-0.25, -0.2) is 9.97 Å². The van der Waals surface area contributed by atoms with Gasteiger partial charge < -0.3 is 10.1 Å². The molecule has 2 aromatic carbocycles. The van der Waals surface area contributed by atoms with Crippen LogP contribution in [0.4, 0.5) is 5.69 Å². The molecule has 1 amide bonds. The summed E-state index contributed by atoms with van der Waals surface area (Å²) in [7, 11) is 3.48. The average molecular weight is 413 g/mol. The van der Waals surface area contributed by atoms with E-state index in [1.807, 2.05) is 55.7 Å². The topological polar surface area (TPSA) is 81.9 Å². The average Bonchev–Trinajstić information content (AvgIpc) is 3.40. The fraction of sp³-hybridized carbons (Fsp3) is 0.250. The molecule has 4 aromatic rings. The zero-order valence-electron chi connectivity index (χ0n) is 17.7. The lowest BCUT2D eigenvalue weighted by Crippen LogP contribution is -2.15. The number of nitrogens with one attached hydrogen (secondary N) is 1. The lowest BCUT2D eigenvalue weighted by atomic mass is 10.0. The summed E-state index contributed by atoms with van der Waals surface area (Å²) in [6.45, 7) is 2.08. The molecule has 7 heteroatoms. The summed E-state index contributed by atoms with van der Waals surface area (Å²) < 4.78 is 7.32. The number of methoxy groups -OCH3 is 1. The van der Waals surface area contributed by atoms with Crippen LogP contribution in [-0.2, 0) is 11.8 Å². The Morgan fingerprint density at radius 2 is 1.94 bits per heavy atom. The SMILES string of the molecule is COc1cc2ncnc(-c3cn(C)nc3-c3ccccc3)c2cc1NC(=O)C1CC1C. The van der Waals surface area contributed by atoms with Gasteiger partial charge in [-0.2, -0.15) is 5.10 Å². The Morgan fingerprint density at radius 3 is 2.65 bits per heavy atom. The predicted octanol–water partition coefficient (Wildman–Crippen LogP) is 4.30. The van der Waals surface area contributed by atoms with Crippen molar-refractivity contribution in [1.29, 1.82) is 0 Å². The van der Waals surface area contributed by atoms with Crippen LogP contribution in [0.5, 0.6) is 5.75 Å². The van der Waals surface area contributed by atoms with Crippen LogP contribution in [0.25, 0.3) is 33.4 Å². The molecule has 1 N–H and O–H groups in total. The molecule has 2 atom stereocenters. The molecule has 2 unspecified atom stereocenters. The first-order valence-electron chi connectivity index (χ1n) is 10.3. The van der Waals surface area contributed by atoms with Crippen molar-refractivity contribution in [3.8, 4) is 28.3 Å². The molecule has 7 nitrogen and oxygen atoms in total. The van der Waals surface area contributed by atoms with Gasteiger partial charge >= 0.3 is 0 Å². The molecule has 31 heavy (non-hydrogen) atoms. The number of ether oxygens (including phenoxy) is 1. The van der Waals surface area contributed by atoms with E-state index in [1.165, 1.54) is 0 Å². The minimum Gasteiger partial charge on any atom is -0.494 e. The predicted molar refractivity (Wildman–Crippen MR) is 120 cm³/mol. The summed E-state index contributed by atoms with van der Waals surface area (Å²) in [5.41, 5.74) is 4.88. The minimum absolute atomic E-state index is 0.0231. The summed E-state index contributed by atoms with van der Waals surface area (Å²) in [6, 6.07) is 13.8. The van der Waals surface area contributed by atoms with E-state index in [-0.39, 0.29) is 11.8 Å². The first-order chi connectivity index (χ1) is 15.0. The van der Waals surface area contributed by atoms with Gasteiger partial charge in [0.15, 0.2) is 0 Å². The van der Waals surface area contributed by atoms with Crippen LogP contribution >= 0.6 is 0 Å². The third-order valence-electron chi connectivity index (χ3n) is 5.79.